The molecule has 3 rings (SSSR count). The number of benzene rings is 2. The summed E-state index contributed by atoms with van der Waals surface area (Å²) in [5.41, 5.74) is 2.11. The maximum absolute atomic E-state index is 12.6. The van der Waals surface area contributed by atoms with Crippen molar-refractivity contribution in [3.63, 3.8) is 0 Å². The Kier molecular flexibility index (Phi) is 6.79. The lowest BCUT2D eigenvalue weighted by molar-refractivity contribution is -0.118. The Hall–Kier alpha value is -3.55. The molecule has 0 aromatic heterocycles. The highest BCUT2D eigenvalue weighted by atomic mass is 16.5. The number of carbonyl (C=O) groups is 3. The first-order valence-electron chi connectivity index (χ1n) is 10.0. The lowest BCUT2D eigenvalue weighted by Gasteiger charge is -2.19. The molecule has 2 aromatic rings. The average Bonchev–Trinajstić information content (AvgIpc) is 3.01. The molecule has 0 fully saturated rings. The highest BCUT2D eigenvalue weighted by molar-refractivity contribution is 6.53. The van der Waals surface area contributed by atoms with Gasteiger partial charge in [0.05, 0.1) is 32.6 Å². The van der Waals surface area contributed by atoms with Gasteiger partial charge in [0.25, 0.3) is 11.7 Å². The maximum atomic E-state index is 12.6. The smallest absolute Gasteiger partial charge is 0.300 e. The monoisotopic (exact) mass is 426 g/mol. The second-order valence-corrected chi connectivity index (χ2v) is 7.11. The van der Waals surface area contributed by atoms with Gasteiger partial charge in [-0.05, 0) is 30.5 Å². The molecule has 1 N–H and O–H groups in total. The van der Waals surface area contributed by atoms with Crippen LogP contribution in [0.1, 0.15) is 35.7 Å². The Morgan fingerprint density at radius 3 is 2.26 bits per heavy atom. The summed E-state index contributed by atoms with van der Waals surface area (Å²) in [4.78, 5) is 39.0. The van der Waals surface area contributed by atoms with E-state index in [0.29, 0.717) is 5.69 Å². The summed E-state index contributed by atoms with van der Waals surface area (Å²) in [6, 6.07) is 9.07. The molecule has 1 heterocycles. The number of aryl methyl sites for hydroxylation is 1. The number of Topliss-reactive ketones (excluding diaryl/α,β-unsaturated/α-hetero) is 1. The van der Waals surface area contributed by atoms with Crippen LogP contribution >= 0.6 is 0 Å². The molecule has 0 saturated carbocycles. The lowest BCUT2D eigenvalue weighted by atomic mass is 10.1. The molecule has 31 heavy (non-hydrogen) atoms. The molecule has 0 saturated heterocycles. The van der Waals surface area contributed by atoms with Crippen molar-refractivity contribution < 1.29 is 28.6 Å². The van der Waals surface area contributed by atoms with Gasteiger partial charge >= 0.3 is 0 Å². The van der Waals surface area contributed by atoms with Gasteiger partial charge in [-0.1, -0.05) is 25.5 Å². The number of hydrogen-bond donors (Lipinski definition) is 1. The van der Waals surface area contributed by atoms with Crippen molar-refractivity contribution >= 4 is 29.0 Å². The van der Waals surface area contributed by atoms with E-state index in [1.165, 1.54) is 33.0 Å². The minimum absolute atomic E-state index is 0.0539. The minimum atomic E-state index is -0.811. The lowest BCUT2D eigenvalue weighted by Crippen LogP contribution is -2.37. The quantitative estimate of drug-likeness (QED) is 0.619. The van der Waals surface area contributed by atoms with Gasteiger partial charge in [0.1, 0.15) is 6.54 Å². The largest absolute Gasteiger partial charge is 0.493 e. The number of nitrogens with zero attached hydrogens (tertiary/aromatic N) is 1. The fourth-order valence-corrected chi connectivity index (χ4v) is 3.55. The number of fused-ring (bicyclic) bond motifs is 1. The first-order chi connectivity index (χ1) is 14.9. The molecule has 1 aliphatic heterocycles. The number of carbonyl (C=O) groups excluding carboxylic acids is 3. The Bertz CT molecular complexity index is 1000. The van der Waals surface area contributed by atoms with E-state index in [2.05, 4.69) is 12.2 Å². The molecular weight excluding hydrogens is 400 g/mol. The van der Waals surface area contributed by atoms with Gasteiger partial charge in [-0.2, -0.15) is 0 Å². The zero-order valence-corrected chi connectivity index (χ0v) is 18.1. The van der Waals surface area contributed by atoms with Crippen LogP contribution in [0.4, 0.5) is 11.4 Å². The summed E-state index contributed by atoms with van der Waals surface area (Å²) in [6.07, 6.45) is 3.21. The van der Waals surface area contributed by atoms with E-state index in [1.54, 1.807) is 0 Å². The highest BCUT2D eigenvalue weighted by Crippen LogP contribution is 2.47. The van der Waals surface area contributed by atoms with Crippen molar-refractivity contribution in [2.75, 3.05) is 38.1 Å². The normalized spacial score (nSPS) is 12.6. The molecule has 0 bridgehead atoms. The molecule has 164 valence electrons. The Morgan fingerprint density at radius 1 is 1.00 bits per heavy atom. The summed E-state index contributed by atoms with van der Waals surface area (Å²) in [7, 11) is 4.21. The highest BCUT2D eigenvalue weighted by Gasteiger charge is 2.42. The Labute approximate surface area is 181 Å². The second kappa shape index (κ2) is 9.51. The number of unbranched alkanes of at least 4 members (excludes halogenated alkanes) is 1. The van der Waals surface area contributed by atoms with Gasteiger partial charge in [0.15, 0.2) is 11.5 Å². The third kappa shape index (κ3) is 4.33. The SMILES string of the molecule is CCCCc1ccc(NC(=O)CN2C(=O)C(=O)c3c2cc(OC)c(OC)c3OC)cc1. The van der Waals surface area contributed by atoms with Crippen molar-refractivity contribution in [3.05, 3.63) is 41.5 Å². The van der Waals surface area contributed by atoms with Crippen molar-refractivity contribution in [2.45, 2.75) is 26.2 Å². The number of ether oxygens (including phenoxy) is 3. The number of hydrogen-bond acceptors (Lipinski definition) is 6. The first-order valence-corrected chi connectivity index (χ1v) is 10.0. The standard InChI is InChI=1S/C23H26N2O6/c1-5-6-7-14-8-10-15(11-9-14)24-18(26)13-25-16-12-17(29-2)21(30-3)22(31-4)19(16)20(27)23(25)28/h8-12H,5-7,13H2,1-4H3,(H,24,26). The fraction of sp³-hybridized carbons (Fsp3) is 0.348. The first kappa shape index (κ1) is 22.1. The zero-order chi connectivity index (χ0) is 22.5. The number of rotatable bonds is 9. The van der Waals surface area contributed by atoms with Crippen LogP contribution in [0, 0.1) is 0 Å². The van der Waals surface area contributed by atoms with Gasteiger partial charge < -0.3 is 19.5 Å². The van der Waals surface area contributed by atoms with Gasteiger partial charge in [-0.3, -0.25) is 19.3 Å². The van der Waals surface area contributed by atoms with Crippen LogP contribution in [-0.2, 0) is 16.0 Å². The van der Waals surface area contributed by atoms with Crippen molar-refractivity contribution in [1.29, 1.82) is 0 Å². The number of amides is 2. The molecular formula is C23H26N2O6. The molecule has 8 nitrogen and oxygen atoms in total. The van der Waals surface area contributed by atoms with Gasteiger partial charge in [-0.15, -0.1) is 0 Å². The van der Waals surface area contributed by atoms with Gasteiger partial charge in [-0.25, -0.2) is 0 Å². The van der Waals surface area contributed by atoms with Crippen molar-refractivity contribution in [1.82, 2.24) is 0 Å². The predicted octanol–water partition coefficient (Wildman–Crippen LogP) is 3.22. The summed E-state index contributed by atoms with van der Waals surface area (Å²) in [5.74, 6) is -1.41. The van der Waals surface area contributed by atoms with Crippen LogP contribution in [0.2, 0.25) is 0 Å². The van der Waals surface area contributed by atoms with Crippen LogP contribution in [0.15, 0.2) is 30.3 Å². The zero-order valence-electron chi connectivity index (χ0n) is 18.1. The van der Waals surface area contributed by atoms with Crippen LogP contribution in [-0.4, -0.2) is 45.5 Å². The van der Waals surface area contributed by atoms with E-state index in [0.717, 1.165) is 24.2 Å². The van der Waals surface area contributed by atoms with Crippen LogP contribution < -0.4 is 24.4 Å². The molecule has 1 aliphatic rings. The van der Waals surface area contributed by atoms with Crippen LogP contribution in [0.5, 0.6) is 17.2 Å². The van der Waals surface area contributed by atoms with Crippen molar-refractivity contribution in [2.24, 2.45) is 0 Å². The van der Waals surface area contributed by atoms with E-state index < -0.39 is 17.6 Å². The molecule has 0 atom stereocenters. The minimum Gasteiger partial charge on any atom is -0.493 e. The molecule has 2 aromatic carbocycles. The molecule has 8 heteroatoms. The molecule has 0 spiro atoms. The van der Waals surface area contributed by atoms with Crippen LogP contribution in [0.25, 0.3) is 0 Å². The van der Waals surface area contributed by atoms with E-state index in [9.17, 15) is 14.4 Å². The van der Waals surface area contributed by atoms with Gasteiger partial charge in [0, 0.05) is 11.8 Å². The summed E-state index contributed by atoms with van der Waals surface area (Å²) in [5, 5.41) is 2.77. The predicted molar refractivity (Wildman–Crippen MR) is 116 cm³/mol. The average molecular weight is 426 g/mol. The summed E-state index contributed by atoms with van der Waals surface area (Å²) in [6.45, 7) is 1.81. The van der Waals surface area contributed by atoms with E-state index in [4.69, 9.17) is 14.2 Å². The second-order valence-electron chi connectivity index (χ2n) is 7.11. The number of anilines is 2. The maximum Gasteiger partial charge on any atom is 0.300 e. The van der Waals surface area contributed by atoms with E-state index >= 15 is 0 Å². The summed E-state index contributed by atoms with van der Waals surface area (Å²) < 4.78 is 15.9. The van der Waals surface area contributed by atoms with E-state index in [1.807, 2.05) is 24.3 Å². The van der Waals surface area contributed by atoms with Crippen LogP contribution in [0.3, 0.4) is 0 Å². The van der Waals surface area contributed by atoms with E-state index in [-0.39, 0.29) is 35.0 Å². The molecule has 2 amide bonds. The summed E-state index contributed by atoms with van der Waals surface area (Å²) >= 11 is 0. The Balaban J connectivity index is 1.82. The third-order valence-electron chi connectivity index (χ3n) is 5.12. The molecule has 0 aliphatic carbocycles. The number of ketones is 1. The topological polar surface area (TPSA) is 94.2 Å². The molecule has 0 radical (unpaired) electrons. The molecule has 0 unspecified atom stereocenters. The number of nitrogens with one attached hydrogen (secondary N) is 1. The third-order valence-corrected chi connectivity index (χ3v) is 5.12. The fourth-order valence-electron chi connectivity index (χ4n) is 3.55. The van der Waals surface area contributed by atoms with Crippen molar-refractivity contribution in [3.8, 4) is 17.2 Å². The number of methoxy groups -OCH3 is 3. The van der Waals surface area contributed by atoms with Gasteiger partial charge in [0.2, 0.25) is 11.7 Å². The Morgan fingerprint density at radius 2 is 1.68 bits per heavy atom.